The van der Waals surface area contributed by atoms with Crippen molar-refractivity contribution in [2.75, 3.05) is 10.6 Å². The molecule has 0 saturated heterocycles. The van der Waals surface area contributed by atoms with Crippen molar-refractivity contribution in [2.24, 2.45) is 0 Å². The van der Waals surface area contributed by atoms with Gasteiger partial charge in [0, 0.05) is 17.5 Å². The highest BCUT2D eigenvalue weighted by atomic mass is 19.4. The second-order valence-electron chi connectivity index (χ2n) is 8.35. The van der Waals surface area contributed by atoms with E-state index in [2.05, 4.69) is 15.3 Å². The molecule has 11 heteroatoms. The lowest BCUT2D eigenvalue weighted by Crippen LogP contribution is -2.29. The average molecular weight is 483 g/mol. The van der Waals surface area contributed by atoms with Crippen molar-refractivity contribution in [1.82, 2.24) is 14.5 Å². The number of anilines is 2. The molecule has 1 aliphatic rings. The first-order valence-corrected chi connectivity index (χ1v) is 10.8. The minimum Gasteiger partial charge on any atom is -0.494 e. The van der Waals surface area contributed by atoms with E-state index in [-0.39, 0.29) is 6.54 Å². The molecule has 2 heterocycles. The first kappa shape index (κ1) is 22.5. The number of fused-ring (bicyclic) bond motifs is 1. The lowest BCUT2D eigenvalue weighted by molar-refractivity contribution is -0.167. The summed E-state index contributed by atoms with van der Waals surface area (Å²) in [4.78, 5) is 19.9. The van der Waals surface area contributed by atoms with Gasteiger partial charge in [0.1, 0.15) is 17.8 Å². The number of nitrogens with zero attached hydrogens (tertiary/aromatic N) is 3. The predicted molar refractivity (Wildman–Crippen MR) is 123 cm³/mol. The lowest BCUT2D eigenvalue weighted by Gasteiger charge is -2.11. The van der Waals surface area contributed by atoms with Crippen LogP contribution < -0.4 is 10.6 Å². The fourth-order valence-corrected chi connectivity index (χ4v) is 3.77. The Balaban J connectivity index is 1.42. The van der Waals surface area contributed by atoms with E-state index < -0.39 is 29.5 Å². The quantitative estimate of drug-likeness (QED) is 0.318. The maximum absolute atomic E-state index is 12.5. The fraction of sp³-hybridized carbons (Fsp3) is 0.208. The number of aromatic nitrogens is 3. The zero-order valence-electron chi connectivity index (χ0n) is 18.2. The van der Waals surface area contributed by atoms with Crippen LogP contribution in [0.25, 0.3) is 22.0 Å². The summed E-state index contributed by atoms with van der Waals surface area (Å²) in [5.74, 6) is -2.66. The number of carbonyl (C=O) groups is 1. The summed E-state index contributed by atoms with van der Waals surface area (Å²) in [6.45, 7) is -0.0431. The maximum Gasteiger partial charge on any atom is 0.471 e. The molecule has 1 aliphatic carbocycles. The van der Waals surface area contributed by atoms with E-state index in [4.69, 9.17) is 0 Å². The van der Waals surface area contributed by atoms with Gasteiger partial charge in [0.25, 0.3) is 0 Å². The van der Waals surface area contributed by atoms with Crippen molar-refractivity contribution >= 4 is 28.3 Å². The number of rotatable bonds is 6. The van der Waals surface area contributed by atoms with Gasteiger partial charge in [0.05, 0.1) is 12.1 Å². The van der Waals surface area contributed by atoms with Crippen LogP contribution in [0.15, 0.2) is 54.9 Å². The van der Waals surface area contributed by atoms with Gasteiger partial charge in [-0.15, -0.1) is 0 Å². The van der Waals surface area contributed by atoms with Gasteiger partial charge in [-0.05, 0) is 47.7 Å². The van der Waals surface area contributed by atoms with Crippen LogP contribution in [0.5, 0.6) is 11.8 Å². The predicted octanol–water partition coefficient (Wildman–Crippen LogP) is 4.63. The number of amides is 1. The summed E-state index contributed by atoms with van der Waals surface area (Å²) >= 11 is 0. The number of hydrogen-bond acceptors (Lipinski definition) is 6. The molecule has 1 fully saturated rings. The first-order valence-electron chi connectivity index (χ1n) is 10.8. The summed E-state index contributed by atoms with van der Waals surface area (Å²) in [7, 11) is 0. The lowest BCUT2D eigenvalue weighted by atomic mass is 10.0. The summed E-state index contributed by atoms with van der Waals surface area (Å²) < 4.78 is 38.6. The van der Waals surface area contributed by atoms with Crippen LogP contribution in [0.3, 0.4) is 0 Å². The molecule has 2 aromatic heterocycles. The highest BCUT2D eigenvalue weighted by Gasteiger charge is 2.39. The molecule has 0 atom stereocenters. The third-order valence-electron chi connectivity index (χ3n) is 5.71. The Bertz CT molecular complexity index is 1430. The van der Waals surface area contributed by atoms with E-state index >= 15 is 0 Å². The Kier molecular flexibility index (Phi) is 5.46. The van der Waals surface area contributed by atoms with Crippen LogP contribution in [-0.4, -0.2) is 42.9 Å². The number of alkyl halides is 3. The van der Waals surface area contributed by atoms with E-state index in [1.807, 2.05) is 30.3 Å². The van der Waals surface area contributed by atoms with Crippen LogP contribution in [0.1, 0.15) is 18.4 Å². The minimum absolute atomic E-state index is 0.0431. The standard InChI is InChI=1S/C24H20F3N5O3/c25-24(26,27)23(35)31-19-10-20(33)32(22(19)34)11-13-2-1-3-14(8-13)15-4-7-18-17(9-15)21(29-12-28-18)30-16-5-6-16/h1-4,7-10,12,16,33-34H,5-6,11H2,(H,31,35)(H,28,29,30). The number of benzene rings is 2. The normalized spacial score (nSPS) is 13.7. The zero-order valence-corrected chi connectivity index (χ0v) is 18.2. The van der Waals surface area contributed by atoms with Crippen molar-refractivity contribution in [1.29, 1.82) is 0 Å². The van der Waals surface area contributed by atoms with Crippen molar-refractivity contribution in [3.05, 3.63) is 60.4 Å². The molecule has 0 spiro atoms. The molecule has 0 unspecified atom stereocenters. The summed E-state index contributed by atoms with van der Waals surface area (Å²) in [5.41, 5.74) is 2.68. The second-order valence-corrected chi connectivity index (χ2v) is 8.35. The number of aromatic hydroxyl groups is 2. The van der Waals surface area contributed by atoms with Gasteiger partial charge in [-0.1, -0.05) is 24.3 Å². The molecule has 180 valence electrons. The Hall–Kier alpha value is -4.28. The smallest absolute Gasteiger partial charge is 0.471 e. The van der Waals surface area contributed by atoms with E-state index in [9.17, 15) is 28.2 Å². The second kappa shape index (κ2) is 8.49. The van der Waals surface area contributed by atoms with Crippen molar-refractivity contribution in [2.45, 2.75) is 31.6 Å². The fourth-order valence-electron chi connectivity index (χ4n) is 3.77. The summed E-state index contributed by atoms with van der Waals surface area (Å²) in [6.07, 6.45) is -1.39. The molecule has 0 bridgehead atoms. The summed E-state index contributed by atoms with van der Waals surface area (Å²) in [6, 6.07) is 14.4. The van der Waals surface area contributed by atoms with Gasteiger partial charge in [0.15, 0.2) is 5.88 Å². The Labute approximate surface area is 197 Å². The number of carbonyl (C=O) groups excluding carboxylic acids is 1. The Morgan fingerprint density at radius 3 is 2.57 bits per heavy atom. The van der Waals surface area contributed by atoms with Gasteiger partial charge in [-0.25, -0.2) is 9.97 Å². The van der Waals surface area contributed by atoms with Crippen LogP contribution in [0, 0.1) is 0 Å². The van der Waals surface area contributed by atoms with E-state index in [0.717, 1.165) is 51.3 Å². The van der Waals surface area contributed by atoms with Gasteiger partial charge < -0.3 is 20.8 Å². The first-order chi connectivity index (χ1) is 16.7. The third-order valence-corrected chi connectivity index (χ3v) is 5.71. The number of hydrogen-bond donors (Lipinski definition) is 4. The molecular formula is C24H20F3N5O3. The Morgan fingerprint density at radius 2 is 1.83 bits per heavy atom. The number of halogens is 3. The van der Waals surface area contributed by atoms with E-state index in [0.29, 0.717) is 11.6 Å². The molecule has 4 aromatic rings. The molecule has 5 rings (SSSR count). The number of nitrogens with one attached hydrogen (secondary N) is 2. The van der Waals surface area contributed by atoms with Crippen LogP contribution in [0.2, 0.25) is 0 Å². The van der Waals surface area contributed by atoms with Crippen LogP contribution >= 0.6 is 0 Å². The highest BCUT2D eigenvalue weighted by molar-refractivity contribution is 5.96. The van der Waals surface area contributed by atoms with Gasteiger partial charge in [-0.2, -0.15) is 13.2 Å². The van der Waals surface area contributed by atoms with Crippen molar-refractivity contribution in [3.63, 3.8) is 0 Å². The average Bonchev–Trinajstić information content (AvgIpc) is 3.61. The van der Waals surface area contributed by atoms with Crippen LogP contribution in [-0.2, 0) is 11.3 Å². The molecule has 1 amide bonds. The van der Waals surface area contributed by atoms with Gasteiger partial charge in [-0.3, -0.25) is 9.36 Å². The zero-order chi connectivity index (χ0) is 24.7. The van der Waals surface area contributed by atoms with Crippen molar-refractivity contribution in [3.8, 4) is 22.9 Å². The van der Waals surface area contributed by atoms with Gasteiger partial charge >= 0.3 is 12.1 Å². The monoisotopic (exact) mass is 483 g/mol. The molecule has 0 radical (unpaired) electrons. The molecule has 4 N–H and O–H groups in total. The molecule has 1 saturated carbocycles. The molecule has 2 aromatic carbocycles. The van der Waals surface area contributed by atoms with Crippen LogP contribution in [0.4, 0.5) is 24.7 Å². The minimum atomic E-state index is -5.13. The van der Waals surface area contributed by atoms with Gasteiger partial charge in [0.2, 0.25) is 5.88 Å². The Morgan fingerprint density at radius 1 is 1.06 bits per heavy atom. The van der Waals surface area contributed by atoms with E-state index in [1.54, 1.807) is 17.4 Å². The largest absolute Gasteiger partial charge is 0.494 e. The maximum atomic E-state index is 12.5. The molecule has 0 aliphatic heterocycles. The third kappa shape index (κ3) is 4.70. The molecule has 35 heavy (non-hydrogen) atoms. The highest BCUT2D eigenvalue weighted by Crippen LogP contribution is 2.35. The van der Waals surface area contributed by atoms with E-state index in [1.165, 1.54) is 6.33 Å². The van der Waals surface area contributed by atoms with Crippen molar-refractivity contribution < 1.29 is 28.2 Å². The molecule has 8 nitrogen and oxygen atoms in total. The molecular weight excluding hydrogens is 463 g/mol. The topological polar surface area (TPSA) is 112 Å². The summed E-state index contributed by atoms with van der Waals surface area (Å²) in [5, 5.41) is 26.3. The SMILES string of the molecule is O=C(Nc1cc(O)n(Cc2cccc(-c3ccc4ncnc(NC5CC5)c4c3)c2)c1O)C(F)(F)F.